The molecule has 1 rings (SSSR count). The minimum Gasteiger partial charge on any atom is -0.444 e. The van der Waals surface area contributed by atoms with E-state index in [1.165, 1.54) is 0 Å². The first-order valence-electron chi connectivity index (χ1n) is 6.71. The summed E-state index contributed by atoms with van der Waals surface area (Å²) in [6, 6.07) is 5.28. The van der Waals surface area contributed by atoms with Crippen molar-refractivity contribution in [1.29, 1.82) is 0 Å². The molecule has 0 radical (unpaired) electrons. The van der Waals surface area contributed by atoms with Gasteiger partial charge in [0.15, 0.2) is 0 Å². The Morgan fingerprint density at radius 1 is 1.52 bits per heavy atom. The summed E-state index contributed by atoms with van der Waals surface area (Å²) in [4.78, 5) is 15.7. The lowest BCUT2D eigenvalue weighted by Gasteiger charge is -2.21. The second kappa shape index (κ2) is 7.59. The second-order valence-electron chi connectivity index (χ2n) is 5.49. The van der Waals surface area contributed by atoms with Crippen molar-refractivity contribution in [2.45, 2.75) is 32.5 Å². The summed E-state index contributed by atoms with van der Waals surface area (Å²) in [6.45, 7) is 9.13. The number of hydrogen-bond donors (Lipinski definition) is 2. The predicted molar refractivity (Wildman–Crippen MR) is 81.7 cm³/mol. The number of aliphatic hydroxyl groups is 1. The highest BCUT2D eigenvalue weighted by atomic mass is 16.6. The molecule has 1 aromatic rings. The molecule has 1 heterocycles. The molecule has 2 N–H and O–H groups in total. The molecule has 0 aliphatic heterocycles. The van der Waals surface area contributed by atoms with Gasteiger partial charge < -0.3 is 15.2 Å². The Morgan fingerprint density at radius 3 is 2.76 bits per heavy atom. The van der Waals surface area contributed by atoms with Crippen LogP contribution in [-0.4, -0.2) is 28.3 Å². The van der Waals surface area contributed by atoms with Crippen molar-refractivity contribution in [1.82, 2.24) is 10.3 Å². The number of amides is 1. The van der Waals surface area contributed by atoms with Gasteiger partial charge in [0.1, 0.15) is 11.7 Å². The lowest BCUT2D eigenvalue weighted by atomic mass is 10.1. The Balaban J connectivity index is 2.69. The Hall–Kier alpha value is -2.14. The molecule has 1 amide bonds. The number of hydrogen-bond acceptors (Lipinski definition) is 4. The molecule has 5 heteroatoms. The largest absolute Gasteiger partial charge is 0.444 e. The summed E-state index contributed by atoms with van der Waals surface area (Å²) in [7, 11) is 0. The van der Waals surface area contributed by atoms with E-state index in [1.54, 1.807) is 57.3 Å². The van der Waals surface area contributed by atoms with Crippen LogP contribution in [0.15, 0.2) is 48.7 Å². The molecule has 1 aromatic heterocycles. The van der Waals surface area contributed by atoms with E-state index in [4.69, 9.17) is 4.74 Å². The number of carbonyl (C=O) groups excluding carboxylic acids is 1. The smallest absolute Gasteiger partial charge is 0.407 e. The summed E-state index contributed by atoms with van der Waals surface area (Å²) in [6.07, 6.45) is 3.37. The van der Waals surface area contributed by atoms with Gasteiger partial charge in [-0.25, -0.2) is 4.79 Å². The van der Waals surface area contributed by atoms with Gasteiger partial charge in [-0.15, -0.1) is 0 Å². The molecule has 21 heavy (non-hydrogen) atoms. The Bertz CT molecular complexity index is 504. The van der Waals surface area contributed by atoms with Gasteiger partial charge in [-0.3, -0.25) is 4.98 Å². The van der Waals surface area contributed by atoms with Gasteiger partial charge >= 0.3 is 6.09 Å². The zero-order chi connectivity index (χ0) is 15.9. The molecule has 0 aliphatic carbocycles. The van der Waals surface area contributed by atoms with Crippen molar-refractivity contribution in [3.05, 3.63) is 54.4 Å². The number of aromatic nitrogens is 1. The second-order valence-corrected chi connectivity index (χ2v) is 5.49. The van der Waals surface area contributed by atoms with E-state index in [9.17, 15) is 9.90 Å². The lowest BCUT2D eigenvalue weighted by molar-refractivity contribution is 0.0529. The molecule has 0 saturated carbocycles. The van der Waals surface area contributed by atoms with Crippen molar-refractivity contribution < 1.29 is 14.6 Å². The Labute approximate surface area is 125 Å². The average molecular weight is 290 g/mol. The maximum atomic E-state index is 11.6. The number of nitrogens with one attached hydrogen (secondary N) is 1. The van der Waals surface area contributed by atoms with E-state index in [0.29, 0.717) is 11.3 Å². The zero-order valence-corrected chi connectivity index (χ0v) is 12.7. The maximum Gasteiger partial charge on any atom is 0.407 e. The number of aliphatic hydroxyl groups excluding tert-OH is 1. The Morgan fingerprint density at radius 2 is 2.24 bits per heavy atom. The van der Waals surface area contributed by atoms with Crippen molar-refractivity contribution in [3.8, 4) is 0 Å². The predicted octanol–water partition coefficient (Wildman–Crippen LogP) is 2.75. The SMILES string of the molecule is C=C/C=C(\CNC(=O)OC(C)(C)C)[C@H](O)c1ccccn1. The third kappa shape index (κ3) is 6.23. The van der Waals surface area contributed by atoms with Gasteiger partial charge in [0.2, 0.25) is 0 Å². The molecule has 0 bridgehead atoms. The van der Waals surface area contributed by atoms with Gasteiger partial charge in [0.25, 0.3) is 0 Å². The Kier molecular flexibility index (Phi) is 6.11. The topological polar surface area (TPSA) is 71.5 Å². The van der Waals surface area contributed by atoms with Gasteiger partial charge in [0, 0.05) is 12.7 Å². The average Bonchev–Trinajstić information content (AvgIpc) is 2.42. The van der Waals surface area contributed by atoms with Gasteiger partial charge in [-0.05, 0) is 38.5 Å². The van der Waals surface area contributed by atoms with Gasteiger partial charge in [0.05, 0.1) is 5.69 Å². The monoisotopic (exact) mass is 290 g/mol. The third-order valence-corrected chi connectivity index (χ3v) is 2.49. The lowest BCUT2D eigenvalue weighted by Crippen LogP contribution is -2.34. The number of alkyl carbamates (subject to hydrolysis) is 1. The minimum atomic E-state index is -0.904. The zero-order valence-electron chi connectivity index (χ0n) is 12.7. The quantitative estimate of drug-likeness (QED) is 0.818. The minimum absolute atomic E-state index is 0.151. The van der Waals surface area contributed by atoms with E-state index in [2.05, 4.69) is 16.9 Å². The van der Waals surface area contributed by atoms with Crippen LogP contribution in [0.2, 0.25) is 0 Å². The van der Waals surface area contributed by atoms with Crippen molar-refractivity contribution in [2.75, 3.05) is 6.54 Å². The summed E-state index contributed by atoms with van der Waals surface area (Å²) < 4.78 is 5.15. The molecule has 0 aliphatic rings. The van der Waals surface area contributed by atoms with Crippen LogP contribution in [0.5, 0.6) is 0 Å². The van der Waals surface area contributed by atoms with Crippen LogP contribution in [0, 0.1) is 0 Å². The highest BCUT2D eigenvalue weighted by Crippen LogP contribution is 2.19. The molecule has 0 fully saturated rings. The molecular weight excluding hydrogens is 268 g/mol. The molecule has 5 nitrogen and oxygen atoms in total. The van der Waals surface area contributed by atoms with Gasteiger partial charge in [-0.1, -0.05) is 24.8 Å². The van der Waals surface area contributed by atoms with Crippen molar-refractivity contribution >= 4 is 6.09 Å². The van der Waals surface area contributed by atoms with Crippen LogP contribution >= 0.6 is 0 Å². The van der Waals surface area contributed by atoms with Crippen molar-refractivity contribution in [3.63, 3.8) is 0 Å². The third-order valence-electron chi connectivity index (χ3n) is 2.49. The first-order valence-corrected chi connectivity index (χ1v) is 6.71. The normalized spacial score (nSPS) is 13.4. The molecule has 0 aromatic carbocycles. The number of nitrogens with zero attached hydrogens (tertiary/aromatic N) is 1. The van der Waals surface area contributed by atoms with E-state index in [1.807, 2.05) is 0 Å². The fourth-order valence-corrected chi connectivity index (χ4v) is 1.61. The highest BCUT2D eigenvalue weighted by Gasteiger charge is 2.18. The van der Waals surface area contributed by atoms with E-state index < -0.39 is 17.8 Å². The van der Waals surface area contributed by atoms with Gasteiger partial charge in [-0.2, -0.15) is 0 Å². The van der Waals surface area contributed by atoms with E-state index in [0.717, 1.165) is 0 Å². The fourth-order valence-electron chi connectivity index (χ4n) is 1.61. The number of pyridine rings is 1. The van der Waals surface area contributed by atoms with Crippen LogP contribution in [0.1, 0.15) is 32.6 Å². The maximum absolute atomic E-state index is 11.6. The molecular formula is C16H22N2O3. The van der Waals surface area contributed by atoms with Crippen molar-refractivity contribution in [2.24, 2.45) is 0 Å². The molecule has 0 spiro atoms. The molecule has 0 saturated heterocycles. The first kappa shape index (κ1) is 16.9. The fraction of sp³-hybridized carbons (Fsp3) is 0.375. The number of ether oxygens (including phenoxy) is 1. The van der Waals surface area contributed by atoms with Crippen LogP contribution in [0.25, 0.3) is 0 Å². The van der Waals surface area contributed by atoms with E-state index >= 15 is 0 Å². The summed E-state index contributed by atoms with van der Waals surface area (Å²) >= 11 is 0. The summed E-state index contributed by atoms with van der Waals surface area (Å²) in [5.41, 5.74) is 0.526. The molecule has 114 valence electrons. The summed E-state index contributed by atoms with van der Waals surface area (Å²) in [5.74, 6) is 0. The number of carbonyl (C=O) groups is 1. The highest BCUT2D eigenvalue weighted by molar-refractivity contribution is 5.68. The standard InChI is InChI=1S/C16H22N2O3/c1-5-8-12(11-18-15(20)21-16(2,3)4)14(19)13-9-6-7-10-17-13/h5-10,14,19H,1,11H2,2-4H3,(H,18,20)/b12-8+/t14-/m0/s1. The van der Waals surface area contributed by atoms with Crippen LogP contribution in [-0.2, 0) is 4.74 Å². The summed E-state index contributed by atoms with van der Waals surface area (Å²) in [5, 5.41) is 12.9. The van der Waals surface area contributed by atoms with Crippen LogP contribution < -0.4 is 5.32 Å². The molecule has 0 unspecified atom stereocenters. The molecule has 1 atom stereocenters. The number of rotatable bonds is 5. The van der Waals surface area contributed by atoms with Crippen LogP contribution in [0.4, 0.5) is 4.79 Å². The number of allylic oxidation sites excluding steroid dienone is 2. The van der Waals surface area contributed by atoms with Crippen LogP contribution in [0.3, 0.4) is 0 Å². The van der Waals surface area contributed by atoms with E-state index in [-0.39, 0.29) is 6.54 Å². The first-order chi connectivity index (χ1) is 9.83.